The second-order valence-electron chi connectivity index (χ2n) is 2.45. The van der Waals surface area contributed by atoms with E-state index >= 15 is 0 Å². The Balaban J connectivity index is 2.69. The van der Waals surface area contributed by atoms with E-state index in [1.807, 2.05) is 13.8 Å². The smallest absolute Gasteiger partial charge is 0.0465 e. The molecule has 0 aliphatic carbocycles. The van der Waals surface area contributed by atoms with Gasteiger partial charge >= 0.3 is 0 Å². The van der Waals surface area contributed by atoms with Gasteiger partial charge in [0, 0.05) is 26.4 Å². The molecular weight excluding hydrogens is 140 g/mol. The topological polar surface area (TPSA) is 18.5 Å². The Labute approximate surface area is 69.9 Å². The highest BCUT2D eigenvalue weighted by Crippen LogP contribution is 1.95. The zero-order chi connectivity index (χ0) is 8.36. The van der Waals surface area contributed by atoms with Crippen LogP contribution in [0.3, 0.4) is 0 Å². The first kappa shape index (κ1) is 10.9. The van der Waals surface area contributed by atoms with Crippen LogP contribution in [0.1, 0.15) is 33.1 Å². The van der Waals surface area contributed by atoms with Gasteiger partial charge < -0.3 is 9.47 Å². The molecule has 0 atom stereocenters. The molecule has 68 valence electrons. The fourth-order valence-corrected chi connectivity index (χ4v) is 0.874. The number of hydrogen-bond acceptors (Lipinski definition) is 2. The summed E-state index contributed by atoms with van der Waals surface area (Å²) in [7, 11) is 0. The molecule has 0 unspecified atom stereocenters. The summed E-state index contributed by atoms with van der Waals surface area (Å²) in [5.74, 6) is 0. The molecule has 0 saturated heterocycles. The maximum atomic E-state index is 5.20. The Morgan fingerprint density at radius 2 is 1.18 bits per heavy atom. The molecule has 0 aromatic heterocycles. The van der Waals surface area contributed by atoms with Gasteiger partial charge in [-0.3, -0.25) is 0 Å². The van der Waals surface area contributed by atoms with Crippen LogP contribution in [-0.2, 0) is 9.47 Å². The number of rotatable bonds is 8. The van der Waals surface area contributed by atoms with Crippen molar-refractivity contribution in [2.75, 3.05) is 26.4 Å². The van der Waals surface area contributed by atoms with E-state index in [-0.39, 0.29) is 0 Å². The van der Waals surface area contributed by atoms with Gasteiger partial charge in [0.05, 0.1) is 0 Å². The van der Waals surface area contributed by atoms with Crippen molar-refractivity contribution in [3.63, 3.8) is 0 Å². The Morgan fingerprint density at radius 1 is 0.727 bits per heavy atom. The van der Waals surface area contributed by atoms with Gasteiger partial charge in [-0.25, -0.2) is 0 Å². The van der Waals surface area contributed by atoms with Gasteiger partial charge in [-0.1, -0.05) is 0 Å². The zero-order valence-electron chi connectivity index (χ0n) is 7.77. The normalized spacial score (nSPS) is 10.4. The van der Waals surface area contributed by atoms with Crippen LogP contribution in [-0.4, -0.2) is 26.4 Å². The van der Waals surface area contributed by atoms with Gasteiger partial charge in [0.2, 0.25) is 0 Å². The largest absolute Gasteiger partial charge is 0.382 e. The molecule has 2 heteroatoms. The Morgan fingerprint density at radius 3 is 1.55 bits per heavy atom. The molecule has 0 N–H and O–H groups in total. The summed E-state index contributed by atoms with van der Waals surface area (Å²) < 4.78 is 10.4. The summed E-state index contributed by atoms with van der Waals surface area (Å²) in [6.07, 6.45) is 3.56. The fraction of sp³-hybridized carbons (Fsp3) is 1.00. The SMILES string of the molecule is CCOCCCCCOCC. The standard InChI is InChI=1S/C9H20O2/c1-3-10-8-6-5-7-9-11-4-2/h3-9H2,1-2H3. The van der Waals surface area contributed by atoms with E-state index in [9.17, 15) is 0 Å². The quantitative estimate of drug-likeness (QED) is 0.507. The van der Waals surface area contributed by atoms with E-state index in [4.69, 9.17) is 9.47 Å². The van der Waals surface area contributed by atoms with Crippen LogP contribution in [0.25, 0.3) is 0 Å². The van der Waals surface area contributed by atoms with Gasteiger partial charge in [-0.05, 0) is 33.1 Å². The third-order valence-corrected chi connectivity index (χ3v) is 1.49. The molecule has 0 bridgehead atoms. The van der Waals surface area contributed by atoms with Gasteiger partial charge in [0.1, 0.15) is 0 Å². The highest BCUT2D eigenvalue weighted by molar-refractivity contribution is 4.39. The number of ether oxygens (including phenoxy) is 2. The van der Waals surface area contributed by atoms with E-state index < -0.39 is 0 Å². The number of unbranched alkanes of at least 4 members (excludes halogenated alkanes) is 2. The lowest BCUT2D eigenvalue weighted by atomic mass is 10.2. The Kier molecular flexibility index (Phi) is 9.85. The molecule has 0 radical (unpaired) electrons. The lowest BCUT2D eigenvalue weighted by Gasteiger charge is -2.01. The predicted octanol–water partition coefficient (Wildman–Crippen LogP) is 2.23. The summed E-state index contributed by atoms with van der Waals surface area (Å²) in [4.78, 5) is 0. The van der Waals surface area contributed by atoms with Crippen molar-refractivity contribution in [2.45, 2.75) is 33.1 Å². The average molecular weight is 160 g/mol. The lowest BCUT2D eigenvalue weighted by Crippen LogP contribution is -1.96. The third kappa shape index (κ3) is 9.92. The monoisotopic (exact) mass is 160 g/mol. The van der Waals surface area contributed by atoms with Crippen LogP contribution in [0.15, 0.2) is 0 Å². The van der Waals surface area contributed by atoms with E-state index in [0.717, 1.165) is 26.4 Å². The molecule has 0 rings (SSSR count). The highest BCUT2D eigenvalue weighted by atomic mass is 16.5. The van der Waals surface area contributed by atoms with Crippen molar-refractivity contribution in [3.05, 3.63) is 0 Å². The minimum absolute atomic E-state index is 0.839. The second kappa shape index (κ2) is 9.92. The van der Waals surface area contributed by atoms with E-state index in [0.29, 0.717) is 0 Å². The van der Waals surface area contributed by atoms with Crippen LogP contribution in [0.5, 0.6) is 0 Å². The summed E-state index contributed by atoms with van der Waals surface area (Å²) in [6, 6.07) is 0. The van der Waals surface area contributed by atoms with Crippen molar-refractivity contribution < 1.29 is 9.47 Å². The van der Waals surface area contributed by atoms with E-state index in [1.165, 1.54) is 19.3 Å². The van der Waals surface area contributed by atoms with Crippen LogP contribution in [0, 0.1) is 0 Å². The zero-order valence-corrected chi connectivity index (χ0v) is 7.77. The maximum absolute atomic E-state index is 5.20. The Bertz CT molecular complexity index is 56.6. The third-order valence-electron chi connectivity index (χ3n) is 1.49. The van der Waals surface area contributed by atoms with Gasteiger partial charge in [-0.2, -0.15) is 0 Å². The van der Waals surface area contributed by atoms with E-state index in [1.54, 1.807) is 0 Å². The highest BCUT2D eigenvalue weighted by Gasteiger charge is 1.88. The molecular formula is C9H20O2. The summed E-state index contributed by atoms with van der Waals surface area (Å²) >= 11 is 0. The molecule has 0 aromatic rings. The molecule has 0 heterocycles. The Hall–Kier alpha value is -0.0800. The van der Waals surface area contributed by atoms with Crippen LogP contribution < -0.4 is 0 Å². The lowest BCUT2D eigenvalue weighted by molar-refractivity contribution is 0.127. The number of hydrogen-bond donors (Lipinski definition) is 0. The van der Waals surface area contributed by atoms with Crippen LogP contribution in [0.2, 0.25) is 0 Å². The van der Waals surface area contributed by atoms with Crippen molar-refractivity contribution in [3.8, 4) is 0 Å². The summed E-state index contributed by atoms with van der Waals surface area (Å²) in [6.45, 7) is 7.54. The minimum Gasteiger partial charge on any atom is -0.382 e. The van der Waals surface area contributed by atoms with Crippen molar-refractivity contribution in [1.29, 1.82) is 0 Å². The first-order valence-corrected chi connectivity index (χ1v) is 4.57. The molecule has 0 fully saturated rings. The summed E-state index contributed by atoms with van der Waals surface area (Å²) in [5, 5.41) is 0. The predicted molar refractivity (Wildman–Crippen MR) is 46.8 cm³/mol. The molecule has 0 aliphatic rings. The molecule has 0 aromatic carbocycles. The van der Waals surface area contributed by atoms with Crippen molar-refractivity contribution in [2.24, 2.45) is 0 Å². The second-order valence-corrected chi connectivity index (χ2v) is 2.45. The van der Waals surface area contributed by atoms with Crippen molar-refractivity contribution in [1.82, 2.24) is 0 Å². The summed E-state index contributed by atoms with van der Waals surface area (Å²) in [5.41, 5.74) is 0. The molecule has 0 saturated carbocycles. The fourth-order valence-electron chi connectivity index (χ4n) is 0.874. The first-order valence-electron chi connectivity index (χ1n) is 4.57. The molecule has 0 spiro atoms. The van der Waals surface area contributed by atoms with Gasteiger partial charge in [-0.15, -0.1) is 0 Å². The van der Waals surface area contributed by atoms with Crippen LogP contribution in [0.4, 0.5) is 0 Å². The molecule has 11 heavy (non-hydrogen) atoms. The van der Waals surface area contributed by atoms with Crippen molar-refractivity contribution >= 4 is 0 Å². The average Bonchev–Trinajstić information content (AvgIpc) is 2.03. The minimum atomic E-state index is 0.839. The van der Waals surface area contributed by atoms with Gasteiger partial charge in [0.15, 0.2) is 0 Å². The molecule has 0 aliphatic heterocycles. The molecule has 2 nitrogen and oxygen atoms in total. The van der Waals surface area contributed by atoms with Crippen LogP contribution >= 0.6 is 0 Å². The van der Waals surface area contributed by atoms with E-state index in [2.05, 4.69) is 0 Å². The maximum Gasteiger partial charge on any atom is 0.0465 e. The molecule has 0 amide bonds. The van der Waals surface area contributed by atoms with Gasteiger partial charge in [0.25, 0.3) is 0 Å². The first-order chi connectivity index (χ1) is 5.41.